The molecule has 59 heteroatoms. The van der Waals surface area contributed by atoms with Crippen LogP contribution in [-0.4, -0.2) is 177 Å². The summed E-state index contributed by atoms with van der Waals surface area (Å²) in [7, 11) is 0. The maximum absolute atomic E-state index is 14.9. The lowest BCUT2D eigenvalue weighted by molar-refractivity contribution is -0.220. The van der Waals surface area contributed by atoms with Gasteiger partial charge in [-0.1, -0.05) is 54.2 Å². The fourth-order valence-electron chi connectivity index (χ4n) is 14.2. The Kier molecular flexibility index (Phi) is 26.7. The Labute approximate surface area is 698 Å². The first-order valence-corrected chi connectivity index (χ1v) is 49.2. The van der Waals surface area contributed by atoms with Gasteiger partial charge in [0, 0.05) is 79.1 Å². The van der Waals surface area contributed by atoms with E-state index in [4.69, 9.17) is 150 Å². The molecule has 8 aromatic rings. The quantitative estimate of drug-likeness (QED) is 0.0162. The molecule has 6 fully saturated rings. The van der Waals surface area contributed by atoms with Gasteiger partial charge in [-0.25, -0.2) is 29.1 Å². The lowest BCUT2D eigenvalue weighted by atomic mass is 10.1. The van der Waals surface area contributed by atoms with Gasteiger partial charge in [-0.15, -0.1) is 0 Å². The van der Waals surface area contributed by atoms with E-state index in [0.29, 0.717) is 12.0 Å². The van der Waals surface area contributed by atoms with Crippen molar-refractivity contribution in [1.29, 1.82) is 0 Å². The zero-order valence-electron chi connectivity index (χ0n) is 63.1. The molecule has 0 amide bonds. The second-order valence-electron chi connectivity index (χ2n) is 28.4. The second-order valence-corrected chi connectivity index (χ2v) is 42.0. The van der Waals surface area contributed by atoms with Crippen LogP contribution in [0.15, 0.2) is 80.6 Å². The molecule has 22 atom stereocenters. The van der Waals surface area contributed by atoms with E-state index in [1.807, 2.05) is 0 Å². The van der Waals surface area contributed by atoms with Crippen molar-refractivity contribution in [3.8, 4) is 0 Å². The molecule has 0 bridgehead atoms. The maximum Gasteiger partial charge on any atom is 0.351 e. The Balaban J connectivity index is 0.677. The average molecular weight is 1870 g/mol. The monoisotopic (exact) mass is 1870 g/mol. The van der Waals surface area contributed by atoms with Gasteiger partial charge in [0.2, 0.25) is 11.9 Å². The minimum atomic E-state index is -4.98. The molecule has 10 unspecified atom stereocenters. The summed E-state index contributed by atoms with van der Waals surface area (Å²) in [5, 5.41) is 0. The summed E-state index contributed by atoms with van der Waals surface area (Å²) in [5.74, 6) is -0.655. The molecule has 0 aliphatic carbocycles. The summed E-state index contributed by atoms with van der Waals surface area (Å²) in [6, 6.07) is 0. The number of ether oxygens (including phenoxy) is 6. The zero-order chi connectivity index (χ0) is 86.1. The number of aryl methyl sites for hydroxylation is 4. The van der Waals surface area contributed by atoms with Crippen LogP contribution in [0.5, 0.6) is 0 Å². The van der Waals surface area contributed by atoms with Gasteiger partial charge in [0.1, 0.15) is 94.5 Å². The van der Waals surface area contributed by atoms with Crippen molar-refractivity contribution in [3.63, 3.8) is 0 Å². The molecule has 0 aromatic carbocycles. The first-order chi connectivity index (χ1) is 56.5. The first kappa shape index (κ1) is 89.7. The lowest BCUT2D eigenvalue weighted by Gasteiger charge is -2.36. The number of H-pyrrole nitrogens is 5. The van der Waals surface area contributed by atoms with E-state index in [1.54, 1.807) is 13.8 Å². The minimum absolute atomic E-state index is 0.0106. The lowest BCUT2D eigenvalue weighted by Crippen LogP contribution is -2.34. The van der Waals surface area contributed by atoms with Crippen LogP contribution in [0.2, 0.25) is 0 Å². The van der Waals surface area contributed by atoms with Crippen molar-refractivity contribution >= 4 is 133 Å². The van der Waals surface area contributed by atoms with Gasteiger partial charge in [0.05, 0.1) is 88.4 Å². The molecule has 6 aliphatic rings. The number of nitrogens with one attached hydrogen (secondary N) is 5. The number of imidazole rings is 2. The number of aromatic nitrogens is 16. The molecule has 0 spiro atoms. The van der Waals surface area contributed by atoms with Crippen molar-refractivity contribution in [2.75, 3.05) is 50.2 Å². The Morgan fingerprint density at radius 3 is 1.17 bits per heavy atom. The highest BCUT2D eigenvalue weighted by molar-refractivity contribution is 8.32. The number of fused-ring (bicyclic) bond motifs is 2. The molecule has 49 nitrogen and oxygen atoms in total. The minimum Gasteiger partial charge on any atom is -0.780 e. The molecular formula is C61H75N19O30P5S5-5. The van der Waals surface area contributed by atoms with Crippen LogP contribution in [0.1, 0.15) is 118 Å². The molecule has 654 valence electrons. The fourth-order valence-corrected chi connectivity index (χ4v) is 21.5. The average Bonchev–Trinajstić information content (AvgIpc) is 1.62. The number of hydrogen-bond donors (Lipinski definition) is 8. The molecule has 11 N–H and O–H groups in total. The molecule has 120 heavy (non-hydrogen) atoms. The number of hydrogen-bond acceptors (Lipinski definition) is 43. The van der Waals surface area contributed by atoms with Gasteiger partial charge < -0.3 is 123 Å². The van der Waals surface area contributed by atoms with E-state index in [9.17, 15) is 67.3 Å². The topological polar surface area (TPSA) is 662 Å². The zero-order valence-corrected chi connectivity index (χ0v) is 71.7. The van der Waals surface area contributed by atoms with Gasteiger partial charge in [-0.05, 0) is 47.0 Å². The van der Waals surface area contributed by atoms with Gasteiger partial charge in [-0.3, -0.25) is 80.9 Å². The van der Waals surface area contributed by atoms with Crippen molar-refractivity contribution < 1.29 is 97.8 Å². The smallest absolute Gasteiger partial charge is 0.351 e. The number of aromatic amines is 5. The van der Waals surface area contributed by atoms with Gasteiger partial charge in [0.15, 0.2) is 29.1 Å². The Morgan fingerprint density at radius 2 is 0.767 bits per heavy atom. The van der Waals surface area contributed by atoms with Crippen LogP contribution in [0.25, 0.3) is 22.3 Å². The molecule has 0 saturated carbocycles. The highest BCUT2D eigenvalue weighted by Gasteiger charge is 2.47. The molecule has 14 rings (SSSR count). The largest absolute Gasteiger partial charge is 0.780 e. The van der Waals surface area contributed by atoms with E-state index in [1.165, 1.54) is 63.8 Å². The third-order valence-electron chi connectivity index (χ3n) is 20.1. The predicted octanol–water partition coefficient (Wildman–Crippen LogP) is -2.33. The van der Waals surface area contributed by atoms with Crippen molar-refractivity contribution in [1.82, 2.24) is 77.2 Å². The van der Waals surface area contributed by atoms with Gasteiger partial charge in [0.25, 0.3) is 27.8 Å². The summed E-state index contributed by atoms with van der Waals surface area (Å²) in [4.78, 5) is 205. The first-order valence-electron chi connectivity index (χ1n) is 36.4. The number of nitrogen functional groups attached to an aromatic ring is 3. The van der Waals surface area contributed by atoms with E-state index in [-0.39, 0.29) is 102 Å². The predicted molar refractivity (Wildman–Crippen MR) is 423 cm³/mol. The fraction of sp³-hybridized carbons (Fsp3) is 0.574. The Bertz CT molecular complexity index is 6100. The van der Waals surface area contributed by atoms with Crippen molar-refractivity contribution in [2.45, 2.75) is 190 Å². The third kappa shape index (κ3) is 20.5. The number of rotatable bonds is 32. The summed E-state index contributed by atoms with van der Waals surface area (Å²) in [6.07, 6.45) is -14.7. The molecule has 6 saturated heterocycles. The molecule has 14 heterocycles. The number of anilines is 3. The third-order valence-corrected chi connectivity index (χ3v) is 27.9. The van der Waals surface area contributed by atoms with Crippen LogP contribution in [-0.2, 0) is 138 Å². The summed E-state index contributed by atoms with van der Waals surface area (Å²) in [5.41, 5.74) is 11.1. The standard InChI is InChI=1S/C61H80N19O30P5S5/c1-6-30-31(9-41(101-30)76-14-25(2)48(62)67-58(76)86)106-112(91,117)96-19-37-33(11-43(103-37)78-17-28(5)53(83)74-61(78)89)108-113(92,118)98-21-38-35(13-45(104-38)80-24-66-47-50(80)69-57(64)71-55(47)85)110-115(94,120)99-22-39-34(12-44(105-39)79-23-65-46-49(79)68-56(63)70-54(46)84)109-114(93,119)97-20-36-32(10-42(102-36)77-16-27(4)52(82)73-60(77)88)107-111(90,116)95-18-29-7-8-40(100-29)75-15-26(3)51(81)72-59(75)87/h14-17,23-24,29-45H,6-13,18-22H2,1-5H3,(H,90,116)(H,91,117)(H,92,118)(H,93,119)(H,94,120)(H2,62,67,86)(H,72,81,87)(H,73,82,88)(H,74,83,89)(H3,63,68,70,84)(H3,64,69,71,85)/p-5/t29-,30+,31?,32?,33?,34?,35?,36+,37+,38+,39+,40+,41+,42+,43+,44+,45+,111?,112?,113?,114?,115?/m0/s1. The van der Waals surface area contributed by atoms with E-state index < -0.39 is 222 Å². The van der Waals surface area contributed by atoms with E-state index in [0.717, 1.165) is 21.8 Å². The van der Waals surface area contributed by atoms with Crippen LogP contribution < -0.4 is 87.3 Å². The maximum atomic E-state index is 14.9. The molecule has 6 aliphatic heterocycles. The normalized spacial score (nSPS) is 29.0. The number of nitrogens with zero attached hydrogens (tertiary/aromatic N) is 11. The summed E-state index contributed by atoms with van der Waals surface area (Å²) in [6.45, 7) is -20.0. The highest BCUT2D eigenvalue weighted by atomic mass is 32.7. The van der Waals surface area contributed by atoms with Gasteiger partial charge in [-0.2, -0.15) is 15.0 Å². The highest BCUT2D eigenvalue weighted by Crippen LogP contribution is 2.55. The Hall–Kier alpha value is -6.60. The van der Waals surface area contributed by atoms with E-state index >= 15 is 0 Å². The van der Waals surface area contributed by atoms with Crippen LogP contribution in [0.3, 0.4) is 0 Å². The summed E-state index contributed by atoms with van der Waals surface area (Å²) < 4.78 is 118. The molecular weight excluding hydrogens is 1790 g/mol. The van der Waals surface area contributed by atoms with Gasteiger partial charge >= 0.3 is 22.8 Å². The van der Waals surface area contributed by atoms with E-state index in [2.05, 4.69) is 49.8 Å². The molecule has 0 radical (unpaired) electrons. The summed E-state index contributed by atoms with van der Waals surface area (Å²) >= 11 is 27.2. The molecule has 8 aromatic heterocycles. The van der Waals surface area contributed by atoms with Crippen LogP contribution in [0.4, 0.5) is 17.7 Å². The SMILES string of the molecule is CC[C@H]1O[C@@H](n2cc(C)c(N)nc2=O)CC1OP([O-])(=S)OC[C@H]1O[C@@H](n2cc(C)c(=O)[nH]c2=O)CC1OP(=O)([S-])OC[C@H]1O[C@@H](n2cnc3c(=O)[nH]c(N)nc32)CC1OP([O-])(=S)OC[C@H]1O[C@@H](n2cnc3c(=O)[nH]c(N)nc32)CC1OP([O-])(=S)OC[C@H]1O[C@@H](n2cc(C)c(=O)[nH]c2=O)CC1OP([O-])(=S)OC[C@@H]1CC[C@H](n2cc(C)c(=O)[nH]c2=O)O1. The van der Waals surface area contributed by atoms with Crippen molar-refractivity contribution in [3.05, 3.63) is 153 Å². The number of nitrogens with two attached hydrogens (primary N) is 3. The van der Waals surface area contributed by atoms with Crippen LogP contribution in [0, 0.1) is 27.7 Å². The van der Waals surface area contributed by atoms with Crippen LogP contribution >= 0.6 is 33.7 Å². The Morgan fingerprint density at radius 1 is 0.433 bits per heavy atom. The second kappa shape index (κ2) is 35.8. The van der Waals surface area contributed by atoms with Crippen molar-refractivity contribution in [2.24, 2.45) is 0 Å².